The molecule has 2 rings (SSSR count). The van der Waals surface area contributed by atoms with Crippen LogP contribution >= 0.6 is 0 Å². The number of hydrogen-bond acceptors (Lipinski definition) is 2. The van der Waals surface area contributed by atoms with E-state index >= 15 is 0 Å². The predicted octanol–water partition coefficient (Wildman–Crippen LogP) is 2.29. The number of aryl methyl sites for hydroxylation is 1. The molecule has 82 valence electrons. The zero-order valence-corrected chi connectivity index (χ0v) is 9.33. The van der Waals surface area contributed by atoms with Crippen molar-refractivity contribution in [2.75, 3.05) is 13.2 Å². The summed E-state index contributed by atoms with van der Waals surface area (Å²) in [7, 11) is 0. The Bertz CT molecular complexity index is 335. The second-order valence-corrected chi connectivity index (χ2v) is 4.40. The number of hydrogen-bond donors (Lipinski definition) is 1. The molecule has 0 saturated carbocycles. The smallest absolute Gasteiger partial charge is 0.122 e. The van der Waals surface area contributed by atoms with Crippen LogP contribution in [0, 0.1) is 12.8 Å². The van der Waals surface area contributed by atoms with Crippen LogP contribution < -0.4 is 10.5 Å². The van der Waals surface area contributed by atoms with Gasteiger partial charge in [0.2, 0.25) is 0 Å². The second-order valence-electron chi connectivity index (χ2n) is 4.40. The Morgan fingerprint density at radius 3 is 3.13 bits per heavy atom. The molecule has 1 aliphatic rings. The van der Waals surface area contributed by atoms with Crippen molar-refractivity contribution in [2.45, 2.75) is 26.2 Å². The van der Waals surface area contributed by atoms with Gasteiger partial charge in [-0.2, -0.15) is 0 Å². The van der Waals surface area contributed by atoms with Crippen LogP contribution in [0.1, 0.15) is 24.0 Å². The normalized spacial score (nSPS) is 20.3. The average Bonchev–Trinajstić information content (AvgIpc) is 2.39. The first kappa shape index (κ1) is 10.5. The Labute approximate surface area is 91.4 Å². The van der Waals surface area contributed by atoms with Crippen molar-refractivity contribution >= 4 is 0 Å². The van der Waals surface area contributed by atoms with Gasteiger partial charge in [0.1, 0.15) is 5.75 Å². The molecule has 1 unspecified atom stereocenters. The first-order valence-electron chi connectivity index (χ1n) is 5.72. The van der Waals surface area contributed by atoms with Gasteiger partial charge in [-0.15, -0.1) is 0 Å². The molecule has 1 aromatic rings. The fraction of sp³-hybridized carbons (Fsp3) is 0.538. The predicted molar refractivity (Wildman–Crippen MR) is 62.2 cm³/mol. The minimum atomic E-state index is 0.693. The van der Waals surface area contributed by atoms with Gasteiger partial charge in [0, 0.05) is 0 Å². The number of fused-ring (bicyclic) bond motifs is 1. The maximum absolute atomic E-state index is 5.74. The van der Waals surface area contributed by atoms with E-state index < -0.39 is 0 Å². The summed E-state index contributed by atoms with van der Waals surface area (Å²) in [6, 6.07) is 6.45. The highest BCUT2D eigenvalue weighted by molar-refractivity contribution is 5.37. The quantitative estimate of drug-likeness (QED) is 0.804. The molecule has 0 bridgehead atoms. The van der Waals surface area contributed by atoms with Gasteiger partial charge in [0.25, 0.3) is 0 Å². The Balaban J connectivity index is 2.19. The molecular formula is C13H19NO. The molecule has 2 heteroatoms. The summed E-state index contributed by atoms with van der Waals surface area (Å²) < 4.78 is 5.74. The van der Waals surface area contributed by atoms with Crippen molar-refractivity contribution in [3.8, 4) is 5.75 Å². The molecule has 0 spiro atoms. The summed E-state index contributed by atoms with van der Waals surface area (Å²) in [5.74, 6) is 1.76. The van der Waals surface area contributed by atoms with Gasteiger partial charge in [-0.05, 0) is 50.3 Å². The number of benzene rings is 1. The van der Waals surface area contributed by atoms with Crippen molar-refractivity contribution in [2.24, 2.45) is 11.7 Å². The van der Waals surface area contributed by atoms with Gasteiger partial charge >= 0.3 is 0 Å². The van der Waals surface area contributed by atoms with Gasteiger partial charge in [-0.25, -0.2) is 0 Å². The number of rotatable bonds is 2. The number of nitrogens with two attached hydrogens (primary N) is 1. The van der Waals surface area contributed by atoms with E-state index in [4.69, 9.17) is 10.5 Å². The first-order chi connectivity index (χ1) is 7.29. The maximum Gasteiger partial charge on any atom is 0.122 e. The van der Waals surface area contributed by atoms with Crippen LogP contribution in [-0.4, -0.2) is 13.2 Å². The summed E-state index contributed by atoms with van der Waals surface area (Å²) in [4.78, 5) is 0. The van der Waals surface area contributed by atoms with Crippen molar-refractivity contribution < 1.29 is 4.74 Å². The zero-order chi connectivity index (χ0) is 10.7. The van der Waals surface area contributed by atoms with E-state index in [1.807, 2.05) is 0 Å². The molecule has 0 radical (unpaired) electrons. The van der Waals surface area contributed by atoms with Crippen LogP contribution in [0.4, 0.5) is 0 Å². The summed E-state index contributed by atoms with van der Waals surface area (Å²) in [6.07, 6.45) is 3.36. The molecule has 0 amide bonds. The molecule has 1 atom stereocenters. The fourth-order valence-electron chi connectivity index (χ4n) is 2.24. The molecule has 2 nitrogen and oxygen atoms in total. The van der Waals surface area contributed by atoms with Gasteiger partial charge in [0.05, 0.1) is 6.61 Å². The van der Waals surface area contributed by atoms with Crippen molar-refractivity contribution in [1.29, 1.82) is 0 Å². The lowest BCUT2D eigenvalue weighted by molar-refractivity contribution is 0.291. The maximum atomic E-state index is 5.74. The minimum absolute atomic E-state index is 0.693. The monoisotopic (exact) mass is 205 g/mol. The van der Waals surface area contributed by atoms with Crippen molar-refractivity contribution in [1.82, 2.24) is 0 Å². The van der Waals surface area contributed by atoms with Gasteiger partial charge in [-0.3, -0.25) is 0 Å². The minimum Gasteiger partial charge on any atom is -0.493 e. The molecule has 0 aromatic heterocycles. The molecule has 0 aliphatic carbocycles. The third-order valence-corrected chi connectivity index (χ3v) is 3.08. The molecule has 1 heterocycles. The van der Waals surface area contributed by atoms with Crippen LogP contribution in [0.25, 0.3) is 0 Å². The highest BCUT2D eigenvalue weighted by Crippen LogP contribution is 2.28. The summed E-state index contributed by atoms with van der Waals surface area (Å²) >= 11 is 0. The van der Waals surface area contributed by atoms with Crippen molar-refractivity contribution in [3.05, 3.63) is 29.3 Å². The molecule has 1 aliphatic heterocycles. The van der Waals surface area contributed by atoms with Gasteiger partial charge in [-0.1, -0.05) is 17.7 Å². The van der Waals surface area contributed by atoms with Crippen LogP contribution in [0.2, 0.25) is 0 Å². The molecular weight excluding hydrogens is 186 g/mol. The molecule has 15 heavy (non-hydrogen) atoms. The van der Waals surface area contributed by atoms with Crippen LogP contribution in [0.15, 0.2) is 18.2 Å². The Morgan fingerprint density at radius 1 is 1.47 bits per heavy atom. The van der Waals surface area contributed by atoms with E-state index in [1.165, 1.54) is 11.1 Å². The van der Waals surface area contributed by atoms with Crippen molar-refractivity contribution in [3.63, 3.8) is 0 Å². The molecule has 0 saturated heterocycles. The molecule has 2 N–H and O–H groups in total. The van der Waals surface area contributed by atoms with E-state index in [-0.39, 0.29) is 0 Å². The topological polar surface area (TPSA) is 35.2 Å². The van der Waals surface area contributed by atoms with Gasteiger partial charge in [0.15, 0.2) is 0 Å². The SMILES string of the molecule is Cc1ccc2c(c1)CC(CCN)CCO2. The summed E-state index contributed by atoms with van der Waals surface area (Å²) in [5, 5.41) is 0. The second kappa shape index (κ2) is 4.67. The first-order valence-corrected chi connectivity index (χ1v) is 5.72. The highest BCUT2D eigenvalue weighted by Gasteiger charge is 2.16. The summed E-state index contributed by atoms with van der Waals surface area (Å²) in [6.45, 7) is 3.75. The Hall–Kier alpha value is -1.02. The van der Waals surface area contributed by atoms with Crippen LogP contribution in [0.3, 0.4) is 0 Å². The third-order valence-electron chi connectivity index (χ3n) is 3.08. The fourth-order valence-corrected chi connectivity index (χ4v) is 2.24. The lowest BCUT2D eigenvalue weighted by Gasteiger charge is -2.11. The molecule has 0 fully saturated rings. The Kier molecular flexibility index (Phi) is 3.27. The lowest BCUT2D eigenvalue weighted by Crippen LogP contribution is -2.11. The largest absolute Gasteiger partial charge is 0.493 e. The van der Waals surface area contributed by atoms with E-state index in [9.17, 15) is 0 Å². The van der Waals surface area contributed by atoms with E-state index in [0.717, 1.165) is 38.2 Å². The lowest BCUT2D eigenvalue weighted by atomic mass is 9.93. The summed E-state index contributed by atoms with van der Waals surface area (Å²) in [5.41, 5.74) is 8.28. The van der Waals surface area contributed by atoms with E-state index in [0.29, 0.717) is 5.92 Å². The third kappa shape index (κ3) is 2.51. The average molecular weight is 205 g/mol. The van der Waals surface area contributed by atoms with E-state index in [1.54, 1.807) is 0 Å². The van der Waals surface area contributed by atoms with Crippen LogP contribution in [0.5, 0.6) is 5.75 Å². The standard InChI is InChI=1S/C13H19NO/c1-10-2-3-13-12(8-10)9-11(4-6-14)5-7-15-13/h2-3,8,11H,4-7,9,14H2,1H3. The highest BCUT2D eigenvalue weighted by atomic mass is 16.5. The molecule has 1 aromatic carbocycles. The zero-order valence-electron chi connectivity index (χ0n) is 9.33. The Morgan fingerprint density at radius 2 is 2.33 bits per heavy atom. The van der Waals surface area contributed by atoms with E-state index in [2.05, 4.69) is 25.1 Å². The van der Waals surface area contributed by atoms with Gasteiger partial charge < -0.3 is 10.5 Å². The van der Waals surface area contributed by atoms with Crippen LogP contribution in [-0.2, 0) is 6.42 Å². The number of ether oxygens (including phenoxy) is 1.